The molecule has 26 heavy (non-hydrogen) atoms. The molecule has 0 amide bonds. The van der Waals surface area contributed by atoms with Gasteiger partial charge in [0.25, 0.3) is 0 Å². The van der Waals surface area contributed by atoms with Crippen LogP contribution in [-0.4, -0.2) is 31.1 Å². The smallest absolute Gasteiger partial charge is 0.137 e. The number of hydrogen-bond donors (Lipinski definition) is 1. The molecule has 5 nitrogen and oxygen atoms in total. The lowest BCUT2D eigenvalue weighted by atomic mass is 9.83. The zero-order valence-corrected chi connectivity index (χ0v) is 14.7. The summed E-state index contributed by atoms with van der Waals surface area (Å²) >= 11 is 1.47. The summed E-state index contributed by atoms with van der Waals surface area (Å²) in [5.74, 6) is -1.60. The third kappa shape index (κ3) is 3.51. The summed E-state index contributed by atoms with van der Waals surface area (Å²) in [7, 11) is 0. The van der Waals surface area contributed by atoms with E-state index in [4.69, 9.17) is 0 Å². The Kier molecular flexibility index (Phi) is 5.15. The Balaban J connectivity index is 2.08. The van der Waals surface area contributed by atoms with Gasteiger partial charge in [-0.25, -0.2) is 23.4 Å². The molecule has 0 aliphatic heterocycles. The highest BCUT2D eigenvalue weighted by molar-refractivity contribution is 7.98. The molecular formula is C18H16F2N4OS. The molecule has 1 unspecified atom stereocenters. The number of aromatic nitrogens is 4. The van der Waals surface area contributed by atoms with Crippen molar-refractivity contribution in [1.29, 1.82) is 0 Å². The van der Waals surface area contributed by atoms with Crippen LogP contribution in [0.3, 0.4) is 0 Å². The summed E-state index contributed by atoms with van der Waals surface area (Å²) in [6, 6.07) is 6.55. The van der Waals surface area contributed by atoms with Crippen LogP contribution in [0, 0.1) is 11.6 Å². The first kappa shape index (κ1) is 18.2. The van der Waals surface area contributed by atoms with Gasteiger partial charge in [0.15, 0.2) is 0 Å². The molecular weight excluding hydrogens is 358 g/mol. The first-order valence-corrected chi connectivity index (χ1v) is 8.86. The highest BCUT2D eigenvalue weighted by Gasteiger charge is 2.37. The van der Waals surface area contributed by atoms with Gasteiger partial charge in [-0.05, 0) is 35.6 Å². The molecule has 3 aromatic rings. The lowest BCUT2D eigenvalue weighted by Crippen LogP contribution is -2.34. The van der Waals surface area contributed by atoms with Crippen molar-refractivity contribution in [2.45, 2.75) is 17.2 Å². The van der Waals surface area contributed by atoms with Crippen LogP contribution in [0.1, 0.15) is 11.1 Å². The van der Waals surface area contributed by atoms with E-state index in [1.165, 1.54) is 35.2 Å². The minimum absolute atomic E-state index is 0.103. The number of rotatable bonds is 6. The number of aliphatic hydroxyl groups is 1. The van der Waals surface area contributed by atoms with E-state index in [1.54, 1.807) is 18.3 Å². The molecule has 0 aliphatic carbocycles. The summed E-state index contributed by atoms with van der Waals surface area (Å²) in [5, 5.41) is 16.2. The van der Waals surface area contributed by atoms with Crippen molar-refractivity contribution >= 4 is 17.3 Å². The van der Waals surface area contributed by atoms with Crippen LogP contribution in [0.4, 0.5) is 8.78 Å². The SMILES string of the molecule is C=C(c1ccc(SC)nc1)C(O)(Cn1cncn1)c1ccc(F)cc1F. The summed E-state index contributed by atoms with van der Waals surface area (Å²) in [4.78, 5) is 8.10. The van der Waals surface area contributed by atoms with Gasteiger partial charge in [-0.2, -0.15) is 5.10 Å². The molecule has 2 heterocycles. The molecule has 0 bridgehead atoms. The maximum atomic E-state index is 14.5. The van der Waals surface area contributed by atoms with E-state index in [0.29, 0.717) is 5.56 Å². The molecule has 0 saturated carbocycles. The van der Waals surface area contributed by atoms with Crippen LogP contribution < -0.4 is 0 Å². The zero-order valence-electron chi connectivity index (χ0n) is 13.9. The van der Waals surface area contributed by atoms with Crippen molar-refractivity contribution < 1.29 is 13.9 Å². The van der Waals surface area contributed by atoms with E-state index >= 15 is 0 Å². The van der Waals surface area contributed by atoms with Gasteiger partial charge < -0.3 is 5.11 Å². The lowest BCUT2D eigenvalue weighted by molar-refractivity contribution is 0.0726. The van der Waals surface area contributed by atoms with E-state index in [-0.39, 0.29) is 17.7 Å². The average molecular weight is 374 g/mol. The largest absolute Gasteiger partial charge is 0.378 e. The second kappa shape index (κ2) is 7.35. The maximum Gasteiger partial charge on any atom is 0.137 e. The maximum absolute atomic E-state index is 14.5. The standard InChI is InChI=1S/C18H16F2N4OS/c1-12(13-3-6-17(26-2)22-8-13)18(25,9-24-11-21-10-23-24)15-5-4-14(19)7-16(15)20/h3-8,10-11,25H,1,9H2,2H3. The molecule has 8 heteroatoms. The van der Waals surface area contributed by atoms with Crippen LogP contribution in [-0.2, 0) is 12.1 Å². The van der Waals surface area contributed by atoms with Gasteiger partial charge >= 0.3 is 0 Å². The van der Waals surface area contributed by atoms with Gasteiger partial charge in [0.05, 0.1) is 11.6 Å². The Labute approximate surface area is 153 Å². The van der Waals surface area contributed by atoms with Crippen LogP contribution in [0.5, 0.6) is 0 Å². The number of pyridine rings is 1. The molecule has 0 spiro atoms. The fourth-order valence-electron chi connectivity index (χ4n) is 2.64. The Morgan fingerprint density at radius 1 is 1.31 bits per heavy atom. The van der Waals surface area contributed by atoms with Crippen LogP contribution in [0.25, 0.3) is 5.57 Å². The molecule has 2 aromatic heterocycles. The first-order chi connectivity index (χ1) is 12.4. The average Bonchev–Trinajstić information content (AvgIpc) is 3.13. The van der Waals surface area contributed by atoms with Crippen LogP contribution in [0.2, 0.25) is 0 Å². The molecule has 0 radical (unpaired) electrons. The predicted octanol–water partition coefficient (Wildman–Crippen LogP) is 3.27. The number of benzene rings is 1. The number of halogens is 2. The monoisotopic (exact) mass is 374 g/mol. The minimum Gasteiger partial charge on any atom is -0.378 e. The predicted molar refractivity (Wildman–Crippen MR) is 95.3 cm³/mol. The summed E-state index contributed by atoms with van der Waals surface area (Å²) < 4.78 is 29.2. The van der Waals surface area contributed by atoms with Gasteiger partial charge in [-0.3, -0.25) is 0 Å². The lowest BCUT2D eigenvalue weighted by Gasteiger charge is -2.31. The van der Waals surface area contributed by atoms with Crippen LogP contribution >= 0.6 is 11.8 Å². The fourth-order valence-corrected chi connectivity index (χ4v) is 3.00. The summed E-state index contributed by atoms with van der Waals surface area (Å²) in [5.41, 5.74) is -1.21. The van der Waals surface area contributed by atoms with Crippen molar-refractivity contribution in [2.24, 2.45) is 0 Å². The summed E-state index contributed by atoms with van der Waals surface area (Å²) in [6.07, 6.45) is 6.15. The van der Waals surface area contributed by atoms with E-state index in [9.17, 15) is 13.9 Å². The van der Waals surface area contributed by atoms with Gasteiger partial charge in [-0.15, -0.1) is 11.8 Å². The molecule has 0 fully saturated rings. The highest BCUT2D eigenvalue weighted by Crippen LogP contribution is 2.38. The van der Waals surface area contributed by atoms with Gasteiger partial charge in [0.2, 0.25) is 0 Å². The minimum atomic E-state index is -1.87. The van der Waals surface area contributed by atoms with E-state index in [1.807, 2.05) is 6.26 Å². The topological polar surface area (TPSA) is 63.8 Å². The Hall–Kier alpha value is -2.58. The van der Waals surface area contributed by atoms with Gasteiger partial charge in [0.1, 0.15) is 29.9 Å². The Morgan fingerprint density at radius 2 is 2.12 bits per heavy atom. The molecule has 0 saturated heterocycles. The number of nitrogens with zero attached hydrogens (tertiary/aromatic N) is 4. The van der Waals surface area contributed by atoms with Crippen molar-refractivity contribution in [2.75, 3.05) is 6.26 Å². The third-order valence-corrected chi connectivity index (χ3v) is 4.69. The second-order valence-electron chi connectivity index (χ2n) is 5.65. The molecule has 134 valence electrons. The quantitative estimate of drug-likeness (QED) is 0.671. The molecule has 3 rings (SSSR count). The van der Waals surface area contributed by atoms with Crippen molar-refractivity contribution in [3.63, 3.8) is 0 Å². The molecule has 1 aromatic carbocycles. The fraction of sp³-hybridized carbons (Fsp3) is 0.167. The third-order valence-electron chi connectivity index (χ3n) is 4.03. The number of thioether (sulfide) groups is 1. The molecule has 1 N–H and O–H groups in total. The van der Waals surface area contributed by atoms with E-state index in [0.717, 1.165) is 17.2 Å². The Bertz CT molecular complexity index is 915. The van der Waals surface area contributed by atoms with Crippen molar-refractivity contribution in [1.82, 2.24) is 19.7 Å². The van der Waals surface area contributed by atoms with Crippen LogP contribution in [0.15, 0.2) is 60.8 Å². The van der Waals surface area contributed by atoms with Gasteiger partial charge in [0, 0.05) is 17.8 Å². The van der Waals surface area contributed by atoms with E-state index < -0.39 is 17.2 Å². The van der Waals surface area contributed by atoms with Crippen molar-refractivity contribution in [3.8, 4) is 0 Å². The first-order valence-electron chi connectivity index (χ1n) is 7.64. The second-order valence-corrected chi connectivity index (χ2v) is 6.47. The highest BCUT2D eigenvalue weighted by atomic mass is 32.2. The Morgan fingerprint density at radius 3 is 2.69 bits per heavy atom. The molecule has 0 aliphatic rings. The normalized spacial score (nSPS) is 13.4. The van der Waals surface area contributed by atoms with Gasteiger partial charge in [-0.1, -0.05) is 12.6 Å². The van der Waals surface area contributed by atoms with E-state index in [2.05, 4.69) is 21.6 Å². The molecule has 1 atom stereocenters. The zero-order chi connectivity index (χ0) is 18.7. The van der Waals surface area contributed by atoms with Crippen molar-refractivity contribution in [3.05, 3.63) is 78.5 Å². The number of hydrogen-bond acceptors (Lipinski definition) is 5. The summed E-state index contributed by atoms with van der Waals surface area (Å²) in [6.45, 7) is 3.81.